The van der Waals surface area contributed by atoms with Crippen molar-refractivity contribution in [1.29, 1.82) is 0 Å². The fraction of sp³-hybridized carbons (Fsp3) is 0.421. The second-order valence-corrected chi connectivity index (χ2v) is 6.60. The van der Waals surface area contributed by atoms with Gasteiger partial charge in [0.05, 0.1) is 24.7 Å². The van der Waals surface area contributed by atoms with Crippen LogP contribution in [0, 0.1) is 0 Å². The van der Waals surface area contributed by atoms with E-state index >= 15 is 0 Å². The highest BCUT2D eigenvalue weighted by Crippen LogP contribution is 2.24. The molecule has 0 bridgehead atoms. The van der Waals surface area contributed by atoms with Crippen LogP contribution >= 0.6 is 0 Å². The van der Waals surface area contributed by atoms with E-state index in [-0.39, 0.29) is 30.0 Å². The number of nitrogens with zero attached hydrogens (tertiary/aromatic N) is 2. The third-order valence-electron chi connectivity index (χ3n) is 4.90. The summed E-state index contributed by atoms with van der Waals surface area (Å²) in [5.41, 5.74) is 0.553. The second-order valence-electron chi connectivity index (χ2n) is 6.60. The minimum atomic E-state index is -0.680. The summed E-state index contributed by atoms with van der Waals surface area (Å²) >= 11 is 0. The topological polar surface area (TPSA) is 113 Å². The van der Waals surface area contributed by atoms with Gasteiger partial charge in [0.1, 0.15) is 12.6 Å². The Morgan fingerprint density at radius 2 is 1.79 bits per heavy atom. The van der Waals surface area contributed by atoms with E-state index in [4.69, 9.17) is 0 Å². The summed E-state index contributed by atoms with van der Waals surface area (Å²) in [7, 11) is 1.26. The Bertz CT molecular complexity index is 802. The van der Waals surface area contributed by atoms with E-state index in [0.29, 0.717) is 19.4 Å². The Balaban J connectivity index is 1.61. The van der Waals surface area contributed by atoms with E-state index < -0.39 is 36.3 Å². The van der Waals surface area contributed by atoms with Crippen LogP contribution in [0.1, 0.15) is 40.0 Å². The van der Waals surface area contributed by atoms with E-state index in [9.17, 15) is 24.0 Å². The van der Waals surface area contributed by atoms with Crippen LogP contribution in [-0.2, 0) is 19.1 Å². The fourth-order valence-corrected chi connectivity index (χ4v) is 3.45. The van der Waals surface area contributed by atoms with E-state index in [1.165, 1.54) is 12.0 Å². The van der Waals surface area contributed by atoms with Crippen molar-refractivity contribution >= 4 is 29.6 Å². The number of hydrogen-bond acceptors (Lipinski definition) is 6. The molecule has 1 saturated heterocycles. The largest absolute Gasteiger partial charge is 0.469 e. The van der Waals surface area contributed by atoms with Crippen molar-refractivity contribution in [3.63, 3.8) is 0 Å². The molecule has 1 N–H and O–H groups in total. The summed E-state index contributed by atoms with van der Waals surface area (Å²) in [6.07, 6.45) is 1.17. The number of likely N-dealkylation sites (tertiary alicyclic amines) is 1. The number of hydrogen-bond donors (Lipinski definition) is 1. The number of carbonyl (C=O) groups excluding carboxylic acids is 5. The summed E-state index contributed by atoms with van der Waals surface area (Å²) in [6, 6.07) is 5.73. The molecular weight excluding hydrogens is 366 g/mol. The van der Waals surface area contributed by atoms with Crippen molar-refractivity contribution < 1.29 is 28.7 Å². The van der Waals surface area contributed by atoms with Gasteiger partial charge in [0, 0.05) is 13.1 Å². The number of amides is 4. The number of fused-ring (bicyclic) bond motifs is 1. The molecule has 4 amide bonds. The molecule has 0 aliphatic carbocycles. The van der Waals surface area contributed by atoms with E-state index in [0.717, 1.165) is 4.90 Å². The molecule has 2 aliphatic heterocycles. The van der Waals surface area contributed by atoms with Gasteiger partial charge in [-0.15, -0.1) is 0 Å². The van der Waals surface area contributed by atoms with Crippen LogP contribution in [0.2, 0.25) is 0 Å². The van der Waals surface area contributed by atoms with Gasteiger partial charge in [0.2, 0.25) is 11.8 Å². The zero-order valence-corrected chi connectivity index (χ0v) is 15.5. The quantitative estimate of drug-likeness (QED) is 0.541. The number of esters is 1. The van der Waals surface area contributed by atoms with Crippen LogP contribution in [-0.4, -0.2) is 72.2 Å². The third kappa shape index (κ3) is 3.73. The number of methoxy groups -OCH3 is 1. The first-order chi connectivity index (χ1) is 13.4. The Hall–Kier alpha value is -3.23. The maximum absolute atomic E-state index is 12.7. The average Bonchev–Trinajstić information content (AvgIpc) is 3.28. The first kappa shape index (κ1) is 19.5. The minimum absolute atomic E-state index is 0.0396. The molecule has 1 aromatic carbocycles. The number of benzene rings is 1. The third-order valence-corrected chi connectivity index (χ3v) is 4.90. The molecule has 1 fully saturated rings. The monoisotopic (exact) mass is 387 g/mol. The molecule has 9 nitrogen and oxygen atoms in total. The number of carbonyl (C=O) groups is 5. The lowest BCUT2D eigenvalue weighted by molar-refractivity contribution is -0.141. The summed E-state index contributed by atoms with van der Waals surface area (Å²) in [5, 5.41) is 2.62. The van der Waals surface area contributed by atoms with Crippen LogP contribution < -0.4 is 5.32 Å². The van der Waals surface area contributed by atoms with Gasteiger partial charge >= 0.3 is 5.97 Å². The van der Waals surface area contributed by atoms with Crippen molar-refractivity contribution in [3.8, 4) is 0 Å². The molecule has 0 radical (unpaired) electrons. The lowest BCUT2D eigenvalue weighted by Gasteiger charge is -2.25. The molecule has 0 saturated carbocycles. The molecule has 0 spiro atoms. The number of ether oxygens (including phenoxy) is 1. The van der Waals surface area contributed by atoms with Gasteiger partial charge in [-0.1, -0.05) is 12.1 Å². The number of nitrogens with one attached hydrogen (secondary N) is 1. The highest BCUT2D eigenvalue weighted by molar-refractivity contribution is 6.22. The fourth-order valence-electron chi connectivity index (χ4n) is 3.45. The van der Waals surface area contributed by atoms with Crippen LogP contribution in [0.5, 0.6) is 0 Å². The molecule has 148 valence electrons. The van der Waals surface area contributed by atoms with Crippen molar-refractivity contribution in [3.05, 3.63) is 35.4 Å². The SMILES string of the molecule is COC(=O)CCNC(=O)C1CCCN1C(=O)CN1C(=O)c2ccccc2C1=O. The molecular formula is C19H21N3O6. The predicted molar refractivity (Wildman–Crippen MR) is 96.2 cm³/mol. The molecule has 28 heavy (non-hydrogen) atoms. The smallest absolute Gasteiger partial charge is 0.307 e. The summed E-state index contributed by atoms with van der Waals surface area (Å²) < 4.78 is 4.51. The standard InChI is InChI=1S/C19H21N3O6/c1-28-16(24)8-9-20-17(25)14-7-4-10-21(14)15(23)11-22-18(26)12-5-2-3-6-13(12)19(22)27/h2-3,5-6,14H,4,7-11H2,1H3,(H,20,25). The number of rotatable bonds is 6. The van der Waals surface area contributed by atoms with Crippen LogP contribution in [0.15, 0.2) is 24.3 Å². The highest BCUT2D eigenvalue weighted by atomic mass is 16.5. The first-order valence-electron chi connectivity index (χ1n) is 9.03. The minimum Gasteiger partial charge on any atom is -0.469 e. The Morgan fingerprint density at radius 1 is 1.14 bits per heavy atom. The molecule has 1 aromatic rings. The van der Waals surface area contributed by atoms with Crippen LogP contribution in [0.4, 0.5) is 0 Å². The van der Waals surface area contributed by atoms with Gasteiger partial charge in [-0.25, -0.2) is 0 Å². The van der Waals surface area contributed by atoms with Crippen LogP contribution in [0.25, 0.3) is 0 Å². The predicted octanol–water partition coefficient (Wildman–Crippen LogP) is -0.0471. The highest BCUT2D eigenvalue weighted by Gasteiger charge is 2.40. The summed E-state index contributed by atoms with van der Waals surface area (Å²) in [4.78, 5) is 63.3. The van der Waals surface area contributed by atoms with Gasteiger partial charge < -0.3 is 15.0 Å². The van der Waals surface area contributed by atoms with Crippen molar-refractivity contribution in [2.24, 2.45) is 0 Å². The van der Waals surface area contributed by atoms with Crippen molar-refractivity contribution in [1.82, 2.24) is 15.1 Å². The molecule has 0 aromatic heterocycles. The Labute approximate surface area is 161 Å². The maximum atomic E-state index is 12.7. The van der Waals surface area contributed by atoms with Gasteiger partial charge in [-0.05, 0) is 25.0 Å². The Morgan fingerprint density at radius 3 is 2.39 bits per heavy atom. The second kappa shape index (κ2) is 8.20. The molecule has 2 heterocycles. The molecule has 3 rings (SSSR count). The molecule has 2 aliphatic rings. The molecule has 9 heteroatoms. The normalized spacial score (nSPS) is 18.2. The summed E-state index contributed by atoms with van der Waals surface area (Å²) in [5.74, 6) is -2.28. The van der Waals surface area contributed by atoms with Gasteiger partial charge in [0.15, 0.2) is 0 Å². The number of imide groups is 1. The maximum Gasteiger partial charge on any atom is 0.307 e. The lowest BCUT2D eigenvalue weighted by atomic mass is 10.1. The van der Waals surface area contributed by atoms with E-state index in [1.54, 1.807) is 24.3 Å². The van der Waals surface area contributed by atoms with Gasteiger partial charge in [0.25, 0.3) is 11.8 Å². The zero-order valence-electron chi connectivity index (χ0n) is 15.5. The lowest BCUT2D eigenvalue weighted by Crippen LogP contribution is -2.50. The van der Waals surface area contributed by atoms with Crippen molar-refractivity contribution in [2.45, 2.75) is 25.3 Å². The van der Waals surface area contributed by atoms with E-state index in [1.807, 2.05) is 0 Å². The Kier molecular flexibility index (Phi) is 5.72. The van der Waals surface area contributed by atoms with E-state index in [2.05, 4.69) is 10.1 Å². The average molecular weight is 387 g/mol. The van der Waals surface area contributed by atoms with Crippen molar-refractivity contribution in [2.75, 3.05) is 26.7 Å². The van der Waals surface area contributed by atoms with Crippen LogP contribution in [0.3, 0.4) is 0 Å². The molecule has 1 unspecified atom stereocenters. The molecule has 1 atom stereocenters. The van der Waals surface area contributed by atoms with Gasteiger partial charge in [-0.2, -0.15) is 0 Å². The first-order valence-corrected chi connectivity index (χ1v) is 9.03. The summed E-state index contributed by atoms with van der Waals surface area (Å²) in [6.45, 7) is 0.0812. The zero-order chi connectivity index (χ0) is 20.3. The van der Waals surface area contributed by atoms with Gasteiger partial charge in [-0.3, -0.25) is 28.9 Å².